The number of aryl methyl sites for hydroxylation is 1. The van der Waals surface area contributed by atoms with Crippen molar-refractivity contribution in [3.63, 3.8) is 0 Å². The highest BCUT2D eigenvalue weighted by Gasteiger charge is 2.48. The van der Waals surface area contributed by atoms with E-state index in [-0.39, 0.29) is 51.7 Å². The third-order valence-corrected chi connectivity index (χ3v) is 10.3. The fraction of sp³-hybridized carbons (Fsp3) is 0.282. The Morgan fingerprint density at radius 3 is 2.36 bits per heavy atom. The van der Waals surface area contributed by atoms with E-state index in [0.717, 1.165) is 17.0 Å². The number of benzene rings is 4. The van der Waals surface area contributed by atoms with Crippen LogP contribution in [0.4, 0.5) is 22.4 Å². The van der Waals surface area contributed by atoms with Gasteiger partial charge in [-0.3, -0.25) is 9.69 Å². The number of rotatable bonds is 14. The molecule has 1 aliphatic carbocycles. The predicted molar refractivity (Wildman–Crippen MR) is 199 cm³/mol. The van der Waals surface area contributed by atoms with E-state index in [0.29, 0.717) is 36.8 Å². The van der Waals surface area contributed by atoms with Crippen LogP contribution >= 0.6 is 34.8 Å². The van der Waals surface area contributed by atoms with Gasteiger partial charge in [-0.25, -0.2) is 13.6 Å². The van der Waals surface area contributed by atoms with Crippen molar-refractivity contribution in [2.75, 3.05) is 19.7 Å². The minimum absolute atomic E-state index is 0.0136. The SMILES string of the molecule is O=C(Oc1cccc(CO[N+](=O)[O-])c1)N1CC(C(=O)N(Cc2cccc(Cl)c2Cl)C2CC2)=C(c2ccc(CCCOc3c(F)ccc(F)c3Cl)cc2)C(F)(F)C1. The van der Waals surface area contributed by atoms with E-state index in [9.17, 15) is 28.5 Å². The Labute approximate surface area is 333 Å². The first-order valence-corrected chi connectivity index (χ1v) is 18.4. The van der Waals surface area contributed by atoms with Crippen molar-refractivity contribution in [3.05, 3.63) is 144 Å². The summed E-state index contributed by atoms with van der Waals surface area (Å²) in [4.78, 5) is 45.1. The van der Waals surface area contributed by atoms with Gasteiger partial charge in [-0.1, -0.05) is 83.3 Å². The lowest BCUT2D eigenvalue weighted by atomic mass is 9.89. The maximum Gasteiger partial charge on any atom is 0.415 e. The number of nitrogens with zero attached hydrogens (tertiary/aromatic N) is 3. The number of hydrogen-bond acceptors (Lipinski definition) is 7. The molecule has 1 aliphatic heterocycles. The zero-order chi connectivity index (χ0) is 40.1. The van der Waals surface area contributed by atoms with Gasteiger partial charge in [-0.15, -0.1) is 10.1 Å². The summed E-state index contributed by atoms with van der Waals surface area (Å²) in [5, 5.41) is 9.65. The molecule has 0 saturated heterocycles. The van der Waals surface area contributed by atoms with Crippen molar-refractivity contribution in [2.45, 2.75) is 50.8 Å². The van der Waals surface area contributed by atoms with Gasteiger partial charge in [0.25, 0.3) is 16.9 Å². The van der Waals surface area contributed by atoms with Gasteiger partial charge in [0.1, 0.15) is 23.2 Å². The number of carbonyl (C=O) groups is 2. The molecule has 1 heterocycles. The first-order valence-electron chi connectivity index (χ1n) is 17.3. The number of alkyl halides is 2. The predicted octanol–water partition coefficient (Wildman–Crippen LogP) is 9.74. The average Bonchev–Trinajstić information content (AvgIpc) is 4.01. The zero-order valence-corrected chi connectivity index (χ0v) is 31.6. The molecule has 0 radical (unpaired) electrons. The summed E-state index contributed by atoms with van der Waals surface area (Å²) < 4.78 is 71.6. The molecule has 56 heavy (non-hydrogen) atoms. The molecule has 17 heteroatoms. The van der Waals surface area contributed by atoms with Crippen molar-refractivity contribution in [1.82, 2.24) is 9.80 Å². The van der Waals surface area contributed by atoms with Crippen LogP contribution in [-0.2, 0) is 29.2 Å². The van der Waals surface area contributed by atoms with E-state index < -0.39 is 70.7 Å². The molecule has 0 spiro atoms. The highest BCUT2D eigenvalue weighted by Crippen LogP contribution is 2.42. The second-order valence-electron chi connectivity index (χ2n) is 13.1. The normalized spacial score (nSPS) is 15.0. The monoisotopic (exact) mass is 835 g/mol. The summed E-state index contributed by atoms with van der Waals surface area (Å²) in [7, 11) is 0. The highest BCUT2D eigenvalue weighted by molar-refractivity contribution is 6.42. The van der Waals surface area contributed by atoms with Crippen LogP contribution in [0.1, 0.15) is 41.5 Å². The van der Waals surface area contributed by atoms with Crippen molar-refractivity contribution in [3.8, 4) is 11.5 Å². The van der Waals surface area contributed by atoms with Crippen LogP contribution in [0.15, 0.2) is 84.4 Å². The first kappa shape index (κ1) is 40.6. The van der Waals surface area contributed by atoms with Crippen LogP contribution in [0.5, 0.6) is 11.5 Å². The van der Waals surface area contributed by atoms with Gasteiger partial charge in [0.05, 0.1) is 29.7 Å². The molecule has 0 unspecified atom stereocenters. The summed E-state index contributed by atoms with van der Waals surface area (Å²) in [6.07, 6.45) is 0.808. The van der Waals surface area contributed by atoms with E-state index in [2.05, 4.69) is 4.84 Å². The Kier molecular flexibility index (Phi) is 12.6. The second-order valence-corrected chi connectivity index (χ2v) is 14.3. The van der Waals surface area contributed by atoms with E-state index in [4.69, 9.17) is 44.3 Å². The topological polar surface area (TPSA) is 111 Å². The van der Waals surface area contributed by atoms with Crippen LogP contribution in [0.2, 0.25) is 15.1 Å². The molecule has 1 fully saturated rings. The molecule has 2 aliphatic rings. The van der Waals surface area contributed by atoms with Gasteiger partial charge in [-0.05, 0) is 78.3 Å². The average molecular weight is 837 g/mol. The van der Waals surface area contributed by atoms with Crippen LogP contribution in [0.25, 0.3) is 5.57 Å². The Balaban J connectivity index is 1.27. The fourth-order valence-electron chi connectivity index (χ4n) is 6.26. The van der Waals surface area contributed by atoms with E-state index in [1.54, 1.807) is 30.3 Å². The van der Waals surface area contributed by atoms with Gasteiger partial charge < -0.3 is 19.2 Å². The van der Waals surface area contributed by atoms with E-state index in [1.807, 2.05) is 0 Å². The van der Waals surface area contributed by atoms with Gasteiger partial charge in [0, 0.05) is 23.7 Å². The third kappa shape index (κ3) is 9.66. The molecular formula is C39H32Cl3F4N3O7. The maximum absolute atomic E-state index is 16.5. The minimum Gasteiger partial charge on any atom is -0.489 e. The quantitative estimate of drug-likeness (QED) is 0.0409. The third-order valence-electron chi connectivity index (χ3n) is 9.08. The number of halogens is 7. The number of amides is 2. The molecule has 0 aromatic heterocycles. The van der Waals surface area contributed by atoms with Crippen LogP contribution in [-0.4, -0.2) is 58.5 Å². The molecule has 0 bridgehead atoms. The molecule has 4 aromatic carbocycles. The minimum atomic E-state index is -3.74. The number of hydrogen-bond donors (Lipinski definition) is 0. The zero-order valence-electron chi connectivity index (χ0n) is 29.3. The largest absolute Gasteiger partial charge is 0.489 e. The van der Waals surface area contributed by atoms with E-state index in [1.165, 1.54) is 41.3 Å². The van der Waals surface area contributed by atoms with E-state index >= 15 is 8.78 Å². The van der Waals surface area contributed by atoms with Gasteiger partial charge in [-0.2, -0.15) is 8.78 Å². The summed E-state index contributed by atoms with van der Waals surface area (Å²) in [6, 6.07) is 18.2. The van der Waals surface area contributed by atoms with Crippen molar-refractivity contribution >= 4 is 52.4 Å². The molecular weight excluding hydrogens is 805 g/mol. The summed E-state index contributed by atoms with van der Waals surface area (Å²) in [5.41, 5.74) is 0.676. The molecule has 4 aromatic rings. The molecule has 10 nitrogen and oxygen atoms in total. The van der Waals surface area contributed by atoms with Crippen molar-refractivity contribution in [1.29, 1.82) is 0 Å². The maximum atomic E-state index is 16.5. The van der Waals surface area contributed by atoms with Crippen LogP contribution in [0.3, 0.4) is 0 Å². The molecule has 0 atom stereocenters. The lowest BCUT2D eigenvalue weighted by molar-refractivity contribution is -0.763. The molecule has 2 amide bonds. The first-order chi connectivity index (χ1) is 26.7. The van der Waals surface area contributed by atoms with Crippen LogP contribution in [0, 0.1) is 21.7 Å². The number of ether oxygens (including phenoxy) is 2. The van der Waals surface area contributed by atoms with Crippen LogP contribution < -0.4 is 9.47 Å². The second kappa shape index (κ2) is 17.4. The molecule has 1 saturated carbocycles. The molecule has 0 N–H and O–H groups in total. The highest BCUT2D eigenvalue weighted by atomic mass is 35.5. The lowest BCUT2D eigenvalue weighted by Gasteiger charge is -2.37. The standard InChI is InChI=1S/C39H32Cl3F4N3O7/c40-30-8-2-6-26(34(30)41)19-48(27-13-14-27)37(50)29-20-47(38(51)56-28-7-1-4-24(18-28)21-55-49(52)53)22-39(45,46)33(29)25-11-9-23(10-12-25)5-3-17-54-36-32(44)16-15-31(43)35(36)42/h1-2,4,6-12,15-16,18,27H,3,5,13-14,17,19-22H2. The summed E-state index contributed by atoms with van der Waals surface area (Å²) >= 11 is 18.5. The fourth-order valence-corrected chi connectivity index (χ4v) is 6.84. The Hall–Kier alpha value is -5.05. The smallest absolute Gasteiger partial charge is 0.415 e. The van der Waals surface area contributed by atoms with Crippen molar-refractivity contribution in [2.24, 2.45) is 0 Å². The lowest BCUT2D eigenvalue weighted by Crippen LogP contribution is -2.50. The van der Waals surface area contributed by atoms with Gasteiger partial charge >= 0.3 is 6.09 Å². The van der Waals surface area contributed by atoms with Crippen molar-refractivity contribution < 1.29 is 46.5 Å². The Bertz CT molecular complexity index is 2170. The Morgan fingerprint density at radius 1 is 0.929 bits per heavy atom. The molecule has 294 valence electrons. The van der Waals surface area contributed by atoms with Gasteiger partial charge in [0.15, 0.2) is 11.6 Å². The van der Waals surface area contributed by atoms with Gasteiger partial charge in [0.2, 0.25) is 0 Å². The molecule has 6 rings (SSSR count). The summed E-state index contributed by atoms with van der Waals surface area (Å²) in [5.74, 6) is -6.59. The number of carbonyl (C=O) groups excluding carboxylic acids is 2. The summed E-state index contributed by atoms with van der Waals surface area (Å²) in [6.45, 7) is -2.13. The Morgan fingerprint density at radius 2 is 1.64 bits per heavy atom.